The van der Waals surface area contributed by atoms with Crippen molar-refractivity contribution in [3.05, 3.63) is 123 Å². The molecular formula is C35H32ClNO5. The molecule has 1 atom stereocenters. The van der Waals surface area contributed by atoms with Crippen molar-refractivity contribution in [3.63, 3.8) is 0 Å². The molecule has 6 rings (SSSR count). The highest BCUT2D eigenvalue weighted by Gasteiger charge is 2.36. The Kier molecular flexibility index (Phi) is 8.17. The van der Waals surface area contributed by atoms with Crippen LogP contribution in [0.2, 0.25) is 5.02 Å². The molecule has 4 aromatic carbocycles. The Morgan fingerprint density at radius 3 is 2.40 bits per heavy atom. The number of hydrogen-bond donors (Lipinski definition) is 0. The van der Waals surface area contributed by atoms with Crippen molar-refractivity contribution in [1.82, 2.24) is 4.90 Å². The summed E-state index contributed by atoms with van der Waals surface area (Å²) < 4.78 is 23.5. The molecule has 0 spiro atoms. The third-order valence-corrected chi connectivity index (χ3v) is 8.27. The monoisotopic (exact) mass is 581 g/mol. The lowest BCUT2D eigenvalue weighted by atomic mass is 9.83. The van der Waals surface area contributed by atoms with E-state index in [1.807, 2.05) is 60.7 Å². The average molecular weight is 582 g/mol. The predicted molar refractivity (Wildman–Crippen MR) is 163 cm³/mol. The van der Waals surface area contributed by atoms with Gasteiger partial charge in [-0.05, 0) is 58.9 Å². The standard InChI is InChI=1S/C35H32ClNO5/c1-39-31-17-25-15-16-37-21-28-27(18-30(37)26(25)19-32(31)41-22-24-11-7-4-8-12-24)29(36)20-33(40-2)35(28)42-34(38)14-13-23-9-5-3-6-10-23/h3-14,17,19-20,30H,15-16,18,21-22H2,1-2H3/b14-13+. The summed E-state index contributed by atoms with van der Waals surface area (Å²) in [5.41, 5.74) is 6.29. The lowest BCUT2D eigenvalue weighted by molar-refractivity contribution is -0.129. The Morgan fingerprint density at radius 2 is 1.67 bits per heavy atom. The number of rotatable bonds is 8. The number of carbonyl (C=O) groups excluding carboxylic acids is 1. The molecule has 2 heterocycles. The molecule has 0 saturated carbocycles. The molecule has 0 radical (unpaired) electrons. The Balaban J connectivity index is 1.30. The highest BCUT2D eigenvalue weighted by Crippen LogP contribution is 2.48. The highest BCUT2D eigenvalue weighted by atomic mass is 35.5. The molecule has 42 heavy (non-hydrogen) atoms. The van der Waals surface area contributed by atoms with Gasteiger partial charge in [0.25, 0.3) is 0 Å². The molecule has 214 valence electrons. The van der Waals surface area contributed by atoms with E-state index in [9.17, 15) is 4.79 Å². The molecule has 0 N–H and O–H groups in total. The summed E-state index contributed by atoms with van der Waals surface area (Å²) >= 11 is 6.83. The number of methoxy groups -OCH3 is 2. The van der Waals surface area contributed by atoms with Crippen molar-refractivity contribution in [2.75, 3.05) is 20.8 Å². The van der Waals surface area contributed by atoms with Crippen LogP contribution in [-0.4, -0.2) is 31.6 Å². The largest absolute Gasteiger partial charge is 0.493 e. The highest BCUT2D eigenvalue weighted by molar-refractivity contribution is 6.31. The van der Waals surface area contributed by atoms with Crippen molar-refractivity contribution in [2.45, 2.75) is 32.0 Å². The first-order valence-electron chi connectivity index (χ1n) is 14.0. The zero-order chi connectivity index (χ0) is 29.1. The van der Waals surface area contributed by atoms with E-state index in [2.05, 4.69) is 17.0 Å². The maximum atomic E-state index is 12.9. The number of hydrogen-bond acceptors (Lipinski definition) is 6. The van der Waals surface area contributed by atoms with Crippen LogP contribution >= 0.6 is 11.6 Å². The van der Waals surface area contributed by atoms with Gasteiger partial charge in [0.1, 0.15) is 6.61 Å². The topological polar surface area (TPSA) is 57.2 Å². The summed E-state index contributed by atoms with van der Waals surface area (Å²) in [6, 6.07) is 25.8. The fourth-order valence-corrected chi connectivity index (χ4v) is 6.10. The zero-order valence-electron chi connectivity index (χ0n) is 23.6. The van der Waals surface area contributed by atoms with E-state index in [4.69, 9.17) is 30.5 Å². The normalized spacial score (nSPS) is 15.8. The maximum absolute atomic E-state index is 12.9. The molecule has 0 aliphatic carbocycles. The van der Waals surface area contributed by atoms with Crippen LogP contribution in [-0.2, 0) is 30.8 Å². The minimum Gasteiger partial charge on any atom is -0.493 e. The predicted octanol–water partition coefficient (Wildman–Crippen LogP) is 7.21. The van der Waals surface area contributed by atoms with Crippen molar-refractivity contribution >= 4 is 23.6 Å². The molecule has 6 nitrogen and oxygen atoms in total. The van der Waals surface area contributed by atoms with Crippen LogP contribution in [0.25, 0.3) is 6.08 Å². The van der Waals surface area contributed by atoms with Crippen LogP contribution in [0.3, 0.4) is 0 Å². The van der Waals surface area contributed by atoms with Crippen LogP contribution in [0.15, 0.2) is 84.9 Å². The molecule has 2 aliphatic heterocycles. The molecule has 0 amide bonds. The fourth-order valence-electron chi connectivity index (χ4n) is 5.81. The fraction of sp³-hybridized carbons (Fsp3) is 0.229. The van der Waals surface area contributed by atoms with Gasteiger partial charge in [-0.1, -0.05) is 72.3 Å². The Morgan fingerprint density at radius 1 is 0.929 bits per heavy atom. The SMILES string of the molecule is COc1cc2c(cc1OCc1ccccc1)C1Cc3c(Cl)cc(OC)c(OC(=O)/C=C/c4ccccc4)c3CN1CC2. The quantitative estimate of drug-likeness (QED) is 0.124. The minimum atomic E-state index is -0.472. The summed E-state index contributed by atoms with van der Waals surface area (Å²) in [6.45, 7) is 1.88. The Labute approximate surface area is 251 Å². The molecule has 4 aromatic rings. The minimum absolute atomic E-state index is 0.0960. The van der Waals surface area contributed by atoms with Gasteiger partial charge in [0, 0.05) is 41.9 Å². The molecular weight excluding hydrogens is 550 g/mol. The summed E-state index contributed by atoms with van der Waals surface area (Å²) in [6.07, 6.45) is 4.70. The smallest absolute Gasteiger partial charge is 0.336 e. The van der Waals surface area contributed by atoms with Gasteiger partial charge in [-0.25, -0.2) is 4.79 Å². The van der Waals surface area contributed by atoms with Gasteiger partial charge in [-0.3, -0.25) is 4.90 Å². The van der Waals surface area contributed by atoms with Crippen molar-refractivity contribution in [3.8, 4) is 23.0 Å². The van der Waals surface area contributed by atoms with Gasteiger partial charge in [0.05, 0.1) is 14.2 Å². The molecule has 0 fully saturated rings. The lowest BCUT2D eigenvalue weighted by Gasteiger charge is -2.42. The van der Waals surface area contributed by atoms with Crippen LogP contribution < -0.4 is 18.9 Å². The first-order chi connectivity index (χ1) is 20.5. The Bertz CT molecular complexity index is 1620. The van der Waals surface area contributed by atoms with Gasteiger partial charge in [0.15, 0.2) is 23.0 Å². The van der Waals surface area contributed by atoms with E-state index in [-0.39, 0.29) is 6.04 Å². The summed E-state index contributed by atoms with van der Waals surface area (Å²) in [5, 5.41) is 0.599. The summed E-state index contributed by atoms with van der Waals surface area (Å²) in [5.74, 6) is 1.84. The maximum Gasteiger partial charge on any atom is 0.336 e. The van der Waals surface area contributed by atoms with E-state index < -0.39 is 5.97 Å². The van der Waals surface area contributed by atoms with Gasteiger partial charge >= 0.3 is 5.97 Å². The molecule has 0 saturated heterocycles. The van der Waals surface area contributed by atoms with Crippen LogP contribution in [0.1, 0.15) is 39.4 Å². The first-order valence-corrected chi connectivity index (χ1v) is 14.4. The second kappa shape index (κ2) is 12.3. The second-order valence-electron chi connectivity index (χ2n) is 10.4. The van der Waals surface area contributed by atoms with E-state index in [0.29, 0.717) is 41.8 Å². The average Bonchev–Trinajstić information content (AvgIpc) is 3.03. The summed E-state index contributed by atoms with van der Waals surface area (Å²) in [7, 11) is 3.23. The number of benzene rings is 4. The zero-order valence-corrected chi connectivity index (χ0v) is 24.4. The van der Waals surface area contributed by atoms with Crippen molar-refractivity contribution in [1.29, 1.82) is 0 Å². The second-order valence-corrected chi connectivity index (χ2v) is 10.8. The first kappa shape index (κ1) is 27.9. The third-order valence-electron chi connectivity index (χ3n) is 7.93. The number of ether oxygens (including phenoxy) is 4. The van der Waals surface area contributed by atoms with E-state index >= 15 is 0 Å². The molecule has 0 bridgehead atoms. The molecule has 1 unspecified atom stereocenters. The van der Waals surface area contributed by atoms with Crippen molar-refractivity contribution in [2.24, 2.45) is 0 Å². The number of halogens is 1. The van der Waals surface area contributed by atoms with Gasteiger partial charge in [0.2, 0.25) is 0 Å². The molecule has 7 heteroatoms. The number of fused-ring (bicyclic) bond motifs is 4. The van der Waals surface area contributed by atoms with Crippen LogP contribution in [0, 0.1) is 0 Å². The Hall–Kier alpha value is -4.26. The van der Waals surface area contributed by atoms with Crippen molar-refractivity contribution < 1.29 is 23.7 Å². The molecule has 0 aromatic heterocycles. The van der Waals surface area contributed by atoms with Crippen LogP contribution in [0.5, 0.6) is 23.0 Å². The van der Waals surface area contributed by atoms with E-state index in [1.165, 1.54) is 17.2 Å². The lowest BCUT2D eigenvalue weighted by Crippen LogP contribution is -2.39. The van der Waals surface area contributed by atoms with E-state index in [0.717, 1.165) is 41.0 Å². The third kappa shape index (κ3) is 5.73. The van der Waals surface area contributed by atoms with E-state index in [1.54, 1.807) is 26.4 Å². The van der Waals surface area contributed by atoms with Gasteiger partial charge < -0.3 is 18.9 Å². The van der Waals surface area contributed by atoms with Gasteiger partial charge in [-0.2, -0.15) is 0 Å². The number of esters is 1. The van der Waals surface area contributed by atoms with Gasteiger partial charge in [-0.15, -0.1) is 0 Å². The number of carbonyl (C=O) groups is 1. The van der Waals surface area contributed by atoms with Crippen LogP contribution in [0.4, 0.5) is 0 Å². The number of nitrogens with zero attached hydrogens (tertiary/aromatic N) is 1. The molecule has 2 aliphatic rings. The summed E-state index contributed by atoms with van der Waals surface area (Å²) in [4.78, 5) is 15.3.